The van der Waals surface area contributed by atoms with Gasteiger partial charge in [-0.15, -0.1) is 0 Å². The Morgan fingerprint density at radius 1 is 1.04 bits per heavy atom. The van der Waals surface area contributed by atoms with Crippen LogP contribution in [0.2, 0.25) is 0 Å². The number of aryl methyl sites for hydroxylation is 1. The third-order valence-corrected chi connectivity index (χ3v) is 5.65. The molecule has 1 fully saturated rings. The number of benzene rings is 2. The first-order valence-corrected chi connectivity index (χ1v) is 9.49. The first kappa shape index (κ1) is 18.2. The van der Waals surface area contributed by atoms with Crippen molar-refractivity contribution in [1.29, 1.82) is 0 Å². The van der Waals surface area contributed by atoms with Crippen LogP contribution in [0.25, 0.3) is 0 Å². The van der Waals surface area contributed by atoms with Gasteiger partial charge in [-0.05, 0) is 55.2 Å². The van der Waals surface area contributed by atoms with Crippen molar-refractivity contribution in [3.63, 3.8) is 0 Å². The lowest BCUT2D eigenvalue weighted by Crippen LogP contribution is -2.31. The standard InChI is InChI=1S/C23H22N2O3/c1-14-6-3-4-9-19(14)24-21(26)16-10-12-17(13-11-16)25-22(27)18-8-5-7-15(2)20(18)23(25)28/h3-7,9-13,15,18,20H,8H2,1-2H3,(H,24,26)/t15-,18-,20-/m1/s1. The predicted molar refractivity (Wildman–Crippen MR) is 108 cm³/mol. The second-order valence-corrected chi connectivity index (χ2v) is 7.48. The Morgan fingerprint density at radius 2 is 1.75 bits per heavy atom. The molecule has 5 nitrogen and oxygen atoms in total. The monoisotopic (exact) mass is 374 g/mol. The third kappa shape index (κ3) is 3.03. The number of carbonyl (C=O) groups excluding carboxylic acids is 3. The fraction of sp³-hybridized carbons (Fsp3) is 0.261. The summed E-state index contributed by atoms with van der Waals surface area (Å²) in [7, 11) is 0. The number of carbonyl (C=O) groups is 3. The van der Waals surface area contributed by atoms with Gasteiger partial charge in [-0.2, -0.15) is 0 Å². The van der Waals surface area contributed by atoms with Crippen LogP contribution in [0.4, 0.5) is 11.4 Å². The van der Waals surface area contributed by atoms with E-state index >= 15 is 0 Å². The average molecular weight is 374 g/mol. The Kier molecular flexibility index (Phi) is 4.59. The van der Waals surface area contributed by atoms with Crippen LogP contribution in [-0.4, -0.2) is 17.7 Å². The van der Waals surface area contributed by atoms with Crippen LogP contribution in [0, 0.1) is 24.7 Å². The van der Waals surface area contributed by atoms with Gasteiger partial charge in [0.05, 0.1) is 17.5 Å². The number of allylic oxidation sites excluding steroid dienone is 2. The molecule has 0 radical (unpaired) electrons. The van der Waals surface area contributed by atoms with Gasteiger partial charge in [-0.3, -0.25) is 19.3 Å². The predicted octanol–water partition coefficient (Wildman–Crippen LogP) is 3.95. The van der Waals surface area contributed by atoms with Gasteiger partial charge in [0, 0.05) is 11.3 Å². The van der Waals surface area contributed by atoms with Gasteiger partial charge in [0.1, 0.15) is 0 Å². The number of hydrogen-bond donors (Lipinski definition) is 1. The minimum atomic E-state index is -0.290. The highest BCUT2D eigenvalue weighted by molar-refractivity contribution is 6.22. The van der Waals surface area contributed by atoms with E-state index in [4.69, 9.17) is 0 Å². The summed E-state index contributed by atoms with van der Waals surface area (Å²) < 4.78 is 0. The van der Waals surface area contributed by atoms with E-state index in [1.807, 2.05) is 50.3 Å². The van der Waals surface area contributed by atoms with Gasteiger partial charge >= 0.3 is 0 Å². The molecule has 142 valence electrons. The lowest BCUT2D eigenvalue weighted by Gasteiger charge is -2.22. The van der Waals surface area contributed by atoms with Crippen LogP contribution in [0.3, 0.4) is 0 Å². The van der Waals surface area contributed by atoms with E-state index in [0.29, 0.717) is 17.7 Å². The van der Waals surface area contributed by atoms with E-state index in [9.17, 15) is 14.4 Å². The summed E-state index contributed by atoms with van der Waals surface area (Å²) in [4.78, 5) is 39.4. The Labute approximate surface area is 164 Å². The zero-order valence-electron chi connectivity index (χ0n) is 15.9. The number of anilines is 2. The van der Waals surface area contributed by atoms with Crippen molar-refractivity contribution < 1.29 is 14.4 Å². The normalized spacial score (nSPS) is 23.6. The highest BCUT2D eigenvalue weighted by atomic mass is 16.2. The van der Waals surface area contributed by atoms with Gasteiger partial charge in [0.25, 0.3) is 5.91 Å². The molecule has 0 bridgehead atoms. The third-order valence-electron chi connectivity index (χ3n) is 5.65. The summed E-state index contributed by atoms with van der Waals surface area (Å²) in [6, 6.07) is 14.2. The number of fused-ring (bicyclic) bond motifs is 1. The van der Waals surface area contributed by atoms with Gasteiger partial charge in [0.2, 0.25) is 11.8 Å². The molecular weight excluding hydrogens is 352 g/mol. The van der Waals surface area contributed by atoms with Crippen LogP contribution in [0.1, 0.15) is 29.3 Å². The summed E-state index contributed by atoms with van der Waals surface area (Å²) in [5, 5.41) is 2.88. The molecule has 28 heavy (non-hydrogen) atoms. The highest BCUT2D eigenvalue weighted by Crippen LogP contribution is 2.40. The fourth-order valence-electron chi connectivity index (χ4n) is 4.07. The maximum atomic E-state index is 12.9. The minimum Gasteiger partial charge on any atom is -0.322 e. The van der Waals surface area contributed by atoms with Crippen LogP contribution < -0.4 is 10.2 Å². The largest absolute Gasteiger partial charge is 0.322 e. The molecule has 3 amide bonds. The van der Waals surface area contributed by atoms with Gasteiger partial charge < -0.3 is 5.32 Å². The molecule has 1 aliphatic heterocycles. The topological polar surface area (TPSA) is 66.5 Å². The molecule has 0 saturated carbocycles. The molecule has 2 aromatic carbocycles. The molecule has 0 unspecified atom stereocenters. The molecule has 2 aromatic rings. The van der Waals surface area contributed by atoms with Crippen molar-refractivity contribution in [3.8, 4) is 0 Å². The van der Waals surface area contributed by atoms with Crippen LogP contribution in [0.15, 0.2) is 60.7 Å². The summed E-state index contributed by atoms with van der Waals surface area (Å²) >= 11 is 0. The lowest BCUT2D eigenvalue weighted by molar-refractivity contribution is -0.122. The van der Waals surface area contributed by atoms with E-state index in [0.717, 1.165) is 11.3 Å². The van der Waals surface area contributed by atoms with Gasteiger partial charge in [-0.25, -0.2) is 0 Å². The molecule has 4 rings (SSSR count). The number of imide groups is 1. The van der Waals surface area contributed by atoms with Crippen LogP contribution >= 0.6 is 0 Å². The molecule has 1 saturated heterocycles. The Morgan fingerprint density at radius 3 is 2.43 bits per heavy atom. The van der Waals surface area contributed by atoms with Gasteiger partial charge in [0.15, 0.2) is 0 Å². The summed E-state index contributed by atoms with van der Waals surface area (Å²) in [5.74, 6) is -1.05. The van der Waals surface area contributed by atoms with Crippen molar-refractivity contribution in [2.24, 2.45) is 17.8 Å². The molecule has 0 spiro atoms. The lowest BCUT2D eigenvalue weighted by atomic mass is 9.78. The Balaban J connectivity index is 1.54. The number of hydrogen-bond acceptors (Lipinski definition) is 3. The molecule has 0 aromatic heterocycles. The first-order valence-electron chi connectivity index (χ1n) is 9.49. The number of nitrogens with one attached hydrogen (secondary N) is 1. The second kappa shape index (κ2) is 7.08. The van der Waals surface area contributed by atoms with Crippen molar-refractivity contribution in [2.75, 3.05) is 10.2 Å². The van der Waals surface area contributed by atoms with E-state index in [1.165, 1.54) is 4.90 Å². The van der Waals surface area contributed by atoms with Crippen molar-refractivity contribution in [3.05, 3.63) is 71.8 Å². The zero-order chi connectivity index (χ0) is 19.8. The second-order valence-electron chi connectivity index (χ2n) is 7.48. The van der Waals surface area contributed by atoms with Crippen molar-refractivity contribution in [2.45, 2.75) is 20.3 Å². The summed E-state index contributed by atoms with van der Waals surface area (Å²) in [6.45, 7) is 3.90. The van der Waals surface area contributed by atoms with Crippen molar-refractivity contribution in [1.82, 2.24) is 0 Å². The van der Waals surface area contributed by atoms with Crippen molar-refractivity contribution >= 4 is 29.1 Å². The molecule has 2 aliphatic rings. The summed E-state index contributed by atoms with van der Waals surface area (Å²) in [6.07, 6.45) is 4.60. The maximum absolute atomic E-state index is 12.9. The number of amides is 3. The van der Waals surface area contributed by atoms with Crippen LogP contribution in [0.5, 0.6) is 0 Å². The quantitative estimate of drug-likeness (QED) is 0.653. The molecule has 1 heterocycles. The molecule has 3 atom stereocenters. The Hall–Kier alpha value is -3.21. The maximum Gasteiger partial charge on any atom is 0.255 e. The number of rotatable bonds is 3. The highest BCUT2D eigenvalue weighted by Gasteiger charge is 2.50. The van der Waals surface area contributed by atoms with E-state index in [-0.39, 0.29) is 35.5 Å². The fourth-order valence-corrected chi connectivity index (χ4v) is 4.07. The molecular formula is C23H22N2O3. The average Bonchev–Trinajstić information content (AvgIpc) is 2.95. The van der Waals surface area contributed by atoms with E-state index < -0.39 is 0 Å². The zero-order valence-corrected chi connectivity index (χ0v) is 15.9. The molecule has 1 N–H and O–H groups in total. The smallest absolute Gasteiger partial charge is 0.255 e. The molecule has 1 aliphatic carbocycles. The van der Waals surface area contributed by atoms with Crippen LogP contribution in [-0.2, 0) is 9.59 Å². The minimum absolute atomic E-state index is 0.0550. The van der Waals surface area contributed by atoms with E-state index in [2.05, 4.69) is 5.32 Å². The number of nitrogens with zero attached hydrogens (tertiary/aromatic N) is 1. The van der Waals surface area contributed by atoms with Gasteiger partial charge in [-0.1, -0.05) is 37.3 Å². The summed E-state index contributed by atoms with van der Waals surface area (Å²) in [5.41, 5.74) is 2.72. The SMILES string of the molecule is Cc1ccccc1NC(=O)c1ccc(N2C(=O)[C@@H]3[C@H](C)C=CC[C@H]3C2=O)cc1. The number of para-hydroxylation sites is 1. The first-order chi connectivity index (χ1) is 13.5. The molecule has 5 heteroatoms. The van der Waals surface area contributed by atoms with E-state index in [1.54, 1.807) is 24.3 Å². The Bertz CT molecular complexity index is 978.